The van der Waals surface area contributed by atoms with Gasteiger partial charge in [-0.3, -0.25) is 14.5 Å². The highest BCUT2D eigenvalue weighted by Gasteiger charge is 2.31. The van der Waals surface area contributed by atoms with Crippen LogP contribution in [0.25, 0.3) is 0 Å². The second-order valence-corrected chi connectivity index (χ2v) is 8.19. The van der Waals surface area contributed by atoms with Crippen LogP contribution in [0, 0.1) is 5.92 Å². The number of benzene rings is 2. The summed E-state index contributed by atoms with van der Waals surface area (Å²) >= 11 is 0. The fourth-order valence-electron chi connectivity index (χ4n) is 4.45. The van der Waals surface area contributed by atoms with Gasteiger partial charge >= 0.3 is 0 Å². The van der Waals surface area contributed by atoms with Gasteiger partial charge in [0.1, 0.15) is 0 Å². The highest BCUT2D eigenvalue weighted by atomic mass is 16.2. The summed E-state index contributed by atoms with van der Waals surface area (Å²) in [6.07, 6.45) is 3.61. The van der Waals surface area contributed by atoms with E-state index in [-0.39, 0.29) is 23.8 Å². The Morgan fingerprint density at radius 1 is 0.966 bits per heavy atom. The van der Waals surface area contributed by atoms with Crippen LogP contribution in [0.4, 0.5) is 11.4 Å². The number of hydrogen-bond acceptors (Lipinski definition) is 3. The van der Waals surface area contributed by atoms with Gasteiger partial charge in [0, 0.05) is 23.3 Å². The number of fused-ring (bicyclic) bond motifs is 1. The predicted octanol–water partition coefficient (Wildman–Crippen LogP) is 3.71. The molecule has 152 valence electrons. The van der Waals surface area contributed by atoms with Crippen molar-refractivity contribution in [3.05, 3.63) is 60.2 Å². The van der Waals surface area contributed by atoms with Gasteiger partial charge in [-0.1, -0.05) is 36.4 Å². The van der Waals surface area contributed by atoms with Crippen molar-refractivity contribution < 1.29 is 9.59 Å². The Bertz CT molecular complexity index is 859. The quantitative estimate of drug-likeness (QED) is 0.865. The van der Waals surface area contributed by atoms with Crippen molar-refractivity contribution in [2.45, 2.75) is 38.6 Å². The molecule has 5 heteroatoms. The molecular weight excluding hydrogens is 362 g/mol. The molecule has 1 N–H and O–H groups in total. The van der Waals surface area contributed by atoms with E-state index in [1.807, 2.05) is 47.4 Å². The third kappa shape index (κ3) is 4.51. The van der Waals surface area contributed by atoms with Crippen LogP contribution in [0.15, 0.2) is 54.6 Å². The molecule has 1 saturated heterocycles. The van der Waals surface area contributed by atoms with E-state index >= 15 is 0 Å². The third-order valence-electron chi connectivity index (χ3n) is 6.15. The Balaban J connectivity index is 1.32. The van der Waals surface area contributed by atoms with Gasteiger partial charge in [0.2, 0.25) is 11.8 Å². The van der Waals surface area contributed by atoms with E-state index in [9.17, 15) is 9.59 Å². The topological polar surface area (TPSA) is 52.7 Å². The van der Waals surface area contributed by atoms with Crippen LogP contribution in [0.1, 0.15) is 31.7 Å². The van der Waals surface area contributed by atoms with Crippen LogP contribution in [-0.4, -0.2) is 42.4 Å². The number of rotatable bonds is 4. The second-order valence-electron chi connectivity index (χ2n) is 8.19. The summed E-state index contributed by atoms with van der Waals surface area (Å²) in [6, 6.07) is 18.1. The van der Waals surface area contributed by atoms with Gasteiger partial charge < -0.3 is 10.2 Å². The van der Waals surface area contributed by atoms with Gasteiger partial charge in [0.15, 0.2) is 0 Å². The summed E-state index contributed by atoms with van der Waals surface area (Å²) in [4.78, 5) is 29.8. The number of nitrogens with one attached hydrogen (secondary N) is 1. The first-order chi connectivity index (χ1) is 14.1. The second kappa shape index (κ2) is 8.78. The number of hydrogen-bond donors (Lipinski definition) is 1. The van der Waals surface area contributed by atoms with Crippen molar-refractivity contribution >= 4 is 23.2 Å². The van der Waals surface area contributed by atoms with Gasteiger partial charge in [-0.05, 0) is 69.5 Å². The highest BCUT2D eigenvalue weighted by molar-refractivity contribution is 5.96. The average molecular weight is 392 g/mol. The molecule has 2 amide bonds. The van der Waals surface area contributed by atoms with Crippen LogP contribution in [0.5, 0.6) is 0 Å². The van der Waals surface area contributed by atoms with Crippen molar-refractivity contribution in [2.24, 2.45) is 5.92 Å². The summed E-state index contributed by atoms with van der Waals surface area (Å²) in [7, 11) is 0. The molecule has 0 saturated carbocycles. The number of aryl methyl sites for hydroxylation is 1. The normalized spacial score (nSPS) is 20.2. The first-order valence-electron chi connectivity index (χ1n) is 10.6. The zero-order valence-corrected chi connectivity index (χ0v) is 17.0. The molecule has 5 nitrogen and oxygen atoms in total. The molecular formula is C24H29N3O2. The van der Waals surface area contributed by atoms with Crippen molar-refractivity contribution in [3.63, 3.8) is 0 Å². The molecule has 1 fully saturated rings. The van der Waals surface area contributed by atoms with Crippen LogP contribution in [-0.2, 0) is 16.0 Å². The molecule has 2 aliphatic heterocycles. The fourth-order valence-corrected chi connectivity index (χ4v) is 4.45. The van der Waals surface area contributed by atoms with E-state index in [1.165, 1.54) is 5.56 Å². The molecule has 2 aromatic rings. The van der Waals surface area contributed by atoms with E-state index < -0.39 is 0 Å². The van der Waals surface area contributed by atoms with Gasteiger partial charge in [-0.2, -0.15) is 0 Å². The standard InChI is InChI=1S/C24H29N3O2/c1-18-11-12-19-7-5-6-10-22(19)27(18)23(28)17-26-15-13-20(14-16-26)24(29)25-21-8-3-2-4-9-21/h2-10,18,20H,11-17H2,1H3,(H,25,29). The molecule has 0 aliphatic carbocycles. The Kier molecular flexibility index (Phi) is 5.95. The number of para-hydroxylation sites is 2. The van der Waals surface area contributed by atoms with Crippen molar-refractivity contribution in [1.29, 1.82) is 0 Å². The van der Waals surface area contributed by atoms with Crippen molar-refractivity contribution in [3.8, 4) is 0 Å². The van der Waals surface area contributed by atoms with E-state index in [2.05, 4.69) is 29.3 Å². The summed E-state index contributed by atoms with van der Waals surface area (Å²) in [5.74, 6) is 0.258. The molecule has 2 aromatic carbocycles. The smallest absolute Gasteiger partial charge is 0.241 e. The molecule has 2 heterocycles. The zero-order valence-electron chi connectivity index (χ0n) is 17.0. The Morgan fingerprint density at radius 3 is 2.41 bits per heavy atom. The molecule has 1 unspecified atom stereocenters. The number of piperidine rings is 1. The van der Waals surface area contributed by atoms with Crippen LogP contribution in [0.2, 0.25) is 0 Å². The number of nitrogens with zero attached hydrogens (tertiary/aromatic N) is 2. The van der Waals surface area contributed by atoms with Gasteiger partial charge in [0.05, 0.1) is 6.54 Å². The van der Waals surface area contributed by atoms with Crippen LogP contribution >= 0.6 is 0 Å². The minimum atomic E-state index is 0.0104. The maximum absolute atomic E-state index is 13.1. The minimum Gasteiger partial charge on any atom is -0.326 e. The number of amides is 2. The van der Waals surface area contributed by atoms with Crippen molar-refractivity contribution in [1.82, 2.24) is 4.90 Å². The van der Waals surface area contributed by atoms with Gasteiger partial charge in [-0.15, -0.1) is 0 Å². The van der Waals surface area contributed by atoms with Gasteiger partial charge in [0.25, 0.3) is 0 Å². The SMILES string of the molecule is CC1CCc2ccccc2N1C(=O)CN1CCC(C(=O)Nc2ccccc2)CC1. The van der Waals surface area contributed by atoms with Crippen molar-refractivity contribution in [2.75, 3.05) is 29.9 Å². The fraction of sp³-hybridized carbons (Fsp3) is 0.417. The number of likely N-dealkylation sites (tertiary alicyclic amines) is 1. The summed E-state index contributed by atoms with van der Waals surface area (Å²) in [6.45, 7) is 4.12. The molecule has 29 heavy (non-hydrogen) atoms. The van der Waals surface area contributed by atoms with E-state index in [0.717, 1.165) is 50.1 Å². The molecule has 0 radical (unpaired) electrons. The minimum absolute atomic E-state index is 0.0104. The Hall–Kier alpha value is -2.66. The van der Waals surface area contributed by atoms with Crippen LogP contribution < -0.4 is 10.2 Å². The lowest BCUT2D eigenvalue weighted by Crippen LogP contribution is -2.49. The van der Waals surface area contributed by atoms with Crippen LogP contribution in [0.3, 0.4) is 0 Å². The summed E-state index contributed by atoms with van der Waals surface area (Å²) in [5.41, 5.74) is 3.16. The average Bonchev–Trinajstić information content (AvgIpc) is 2.74. The molecule has 4 rings (SSSR count). The maximum Gasteiger partial charge on any atom is 0.241 e. The first-order valence-corrected chi connectivity index (χ1v) is 10.6. The Morgan fingerprint density at radius 2 is 1.66 bits per heavy atom. The molecule has 0 aromatic heterocycles. The molecule has 2 aliphatic rings. The van der Waals surface area contributed by atoms with E-state index in [4.69, 9.17) is 0 Å². The number of carbonyl (C=O) groups is 2. The van der Waals surface area contributed by atoms with Gasteiger partial charge in [-0.25, -0.2) is 0 Å². The summed E-state index contributed by atoms with van der Waals surface area (Å²) in [5, 5.41) is 3.00. The zero-order chi connectivity index (χ0) is 20.2. The molecule has 0 spiro atoms. The van der Waals surface area contributed by atoms with E-state index in [0.29, 0.717) is 6.54 Å². The first kappa shape index (κ1) is 19.6. The lowest BCUT2D eigenvalue weighted by atomic mass is 9.95. The molecule has 1 atom stereocenters. The lowest BCUT2D eigenvalue weighted by molar-refractivity contribution is -0.122. The largest absolute Gasteiger partial charge is 0.326 e. The Labute approximate surface area is 172 Å². The number of anilines is 2. The third-order valence-corrected chi connectivity index (χ3v) is 6.15. The monoisotopic (exact) mass is 391 g/mol. The summed E-state index contributed by atoms with van der Waals surface area (Å²) < 4.78 is 0. The maximum atomic E-state index is 13.1. The highest BCUT2D eigenvalue weighted by Crippen LogP contribution is 2.31. The number of carbonyl (C=O) groups excluding carboxylic acids is 2. The lowest BCUT2D eigenvalue weighted by Gasteiger charge is -2.38. The molecule has 0 bridgehead atoms. The van der Waals surface area contributed by atoms with E-state index in [1.54, 1.807) is 0 Å². The predicted molar refractivity (Wildman–Crippen MR) is 116 cm³/mol.